The summed E-state index contributed by atoms with van der Waals surface area (Å²) in [4.78, 5) is 24.4. The zero-order chi connectivity index (χ0) is 45.8. The summed E-state index contributed by atoms with van der Waals surface area (Å²) in [6.07, 6.45) is 65.5. The molecule has 0 fully saturated rings. The van der Waals surface area contributed by atoms with Crippen molar-refractivity contribution in [1.82, 2.24) is 5.32 Å². The van der Waals surface area contributed by atoms with E-state index in [0.29, 0.717) is 19.4 Å². The quantitative estimate of drug-likeness (QED) is 0.0321. The zero-order valence-corrected chi connectivity index (χ0v) is 41.8. The van der Waals surface area contributed by atoms with Crippen molar-refractivity contribution in [2.45, 2.75) is 289 Å². The predicted octanol–water partition coefficient (Wildman–Crippen LogP) is 16.6. The summed E-state index contributed by atoms with van der Waals surface area (Å²) < 4.78 is 5.45. The van der Waals surface area contributed by atoms with E-state index in [0.717, 1.165) is 64.2 Å². The number of rotatable bonds is 50. The van der Waals surface area contributed by atoms with Gasteiger partial charge < -0.3 is 20.3 Å². The first-order chi connectivity index (χ1) is 31.0. The van der Waals surface area contributed by atoms with Crippen LogP contribution in [0.15, 0.2) is 48.6 Å². The minimum Gasteiger partial charge on any atom is -0.466 e. The maximum atomic E-state index is 12.4. The summed E-state index contributed by atoms with van der Waals surface area (Å²) in [5.41, 5.74) is 0. The number of hydrogen-bond acceptors (Lipinski definition) is 5. The first kappa shape index (κ1) is 60.8. The third-order valence-electron chi connectivity index (χ3n) is 12.3. The normalized spacial score (nSPS) is 13.0. The van der Waals surface area contributed by atoms with Crippen LogP contribution in [-0.2, 0) is 14.3 Å². The van der Waals surface area contributed by atoms with Crippen molar-refractivity contribution < 1.29 is 24.5 Å². The van der Waals surface area contributed by atoms with Gasteiger partial charge in [0.25, 0.3) is 0 Å². The van der Waals surface area contributed by atoms with Crippen LogP contribution in [0.2, 0.25) is 0 Å². The van der Waals surface area contributed by atoms with Crippen LogP contribution in [0.3, 0.4) is 0 Å². The molecule has 2 unspecified atom stereocenters. The van der Waals surface area contributed by atoms with Gasteiger partial charge in [0.1, 0.15) is 0 Å². The first-order valence-corrected chi connectivity index (χ1v) is 27.4. The topological polar surface area (TPSA) is 95.9 Å². The van der Waals surface area contributed by atoms with Crippen LogP contribution in [0.5, 0.6) is 0 Å². The Balaban J connectivity index is 3.48. The van der Waals surface area contributed by atoms with E-state index in [-0.39, 0.29) is 18.5 Å². The van der Waals surface area contributed by atoms with Gasteiger partial charge in [0, 0.05) is 12.8 Å². The molecule has 0 aliphatic carbocycles. The number of carbonyl (C=O) groups is 2. The Morgan fingerprint density at radius 3 is 1.29 bits per heavy atom. The molecule has 2 atom stereocenters. The van der Waals surface area contributed by atoms with Crippen LogP contribution >= 0.6 is 0 Å². The lowest BCUT2D eigenvalue weighted by Crippen LogP contribution is -2.45. The number of esters is 1. The molecule has 3 N–H and O–H groups in total. The number of aliphatic hydroxyl groups excluding tert-OH is 2. The number of allylic oxidation sites excluding steroid dienone is 7. The van der Waals surface area contributed by atoms with E-state index < -0.39 is 12.1 Å². The van der Waals surface area contributed by atoms with Gasteiger partial charge in [-0.1, -0.05) is 229 Å². The molecule has 6 nitrogen and oxygen atoms in total. The Hall–Kier alpha value is -2.18. The van der Waals surface area contributed by atoms with Crippen LogP contribution in [0.25, 0.3) is 0 Å². The Bertz CT molecular complexity index is 1070. The minimum absolute atomic E-state index is 0.0130. The summed E-state index contributed by atoms with van der Waals surface area (Å²) in [6, 6.07) is -0.635. The van der Waals surface area contributed by atoms with Gasteiger partial charge in [-0.2, -0.15) is 0 Å². The van der Waals surface area contributed by atoms with Crippen LogP contribution in [0.1, 0.15) is 277 Å². The SMILES string of the molecule is CCC/C=C\C/C=C\CCCCCCCC(=O)OCCCCCCCCCC/C=C\CCCCCCCCCC(=O)NC(CO)C(O)/C=C/CCCCCCCCCCCCCC. The maximum Gasteiger partial charge on any atom is 0.305 e. The molecule has 63 heavy (non-hydrogen) atoms. The highest BCUT2D eigenvalue weighted by atomic mass is 16.5. The molecule has 0 spiro atoms. The highest BCUT2D eigenvalue weighted by molar-refractivity contribution is 5.76. The number of hydrogen-bond donors (Lipinski definition) is 3. The standard InChI is InChI=1S/C57H105NO5/c1-3-5-7-9-11-13-15-17-26-29-33-37-41-45-49-55(60)54(53-59)58-56(61)50-46-42-38-34-30-27-23-21-19-18-20-22-24-28-32-36-40-44-48-52-63-57(62)51-47-43-39-35-31-25-16-14-12-10-8-6-4-2/h8,10,14,16,18-19,45,49,54-55,59-60H,3-7,9,11-13,15,17,20-44,46-48,50-53H2,1-2H3,(H,58,61)/b10-8-,16-14-,19-18-,49-45+. The van der Waals surface area contributed by atoms with E-state index in [9.17, 15) is 19.8 Å². The molecule has 0 rings (SSSR count). The van der Waals surface area contributed by atoms with Crippen molar-refractivity contribution in [2.24, 2.45) is 0 Å². The molecular formula is C57H105NO5. The molecule has 0 aliphatic heterocycles. The number of aliphatic hydroxyl groups is 2. The molecule has 0 saturated carbocycles. The van der Waals surface area contributed by atoms with Crippen molar-refractivity contribution in [3.05, 3.63) is 48.6 Å². The van der Waals surface area contributed by atoms with E-state index in [4.69, 9.17) is 4.74 Å². The number of ether oxygens (including phenoxy) is 1. The Labute approximate surface area is 391 Å². The summed E-state index contributed by atoms with van der Waals surface area (Å²) in [5, 5.41) is 23.1. The Morgan fingerprint density at radius 1 is 0.444 bits per heavy atom. The second-order valence-corrected chi connectivity index (χ2v) is 18.5. The second kappa shape index (κ2) is 52.4. The third-order valence-corrected chi connectivity index (χ3v) is 12.3. The van der Waals surface area contributed by atoms with Crippen molar-refractivity contribution >= 4 is 11.9 Å². The second-order valence-electron chi connectivity index (χ2n) is 18.5. The van der Waals surface area contributed by atoms with E-state index in [2.05, 4.69) is 55.6 Å². The zero-order valence-electron chi connectivity index (χ0n) is 41.8. The molecule has 0 aromatic heterocycles. The highest BCUT2D eigenvalue weighted by Gasteiger charge is 2.18. The van der Waals surface area contributed by atoms with Crippen molar-refractivity contribution in [3.63, 3.8) is 0 Å². The summed E-state index contributed by atoms with van der Waals surface area (Å²) in [5.74, 6) is -0.0917. The molecule has 1 amide bonds. The van der Waals surface area contributed by atoms with Crippen LogP contribution in [0, 0.1) is 0 Å². The predicted molar refractivity (Wildman–Crippen MR) is 273 cm³/mol. The molecule has 368 valence electrons. The van der Waals surface area contributed by atoms with E-state index in [1.807, 2.05) is 6.08 Å². The fraction of sp³-hybridized carbons (Fsp3) is 0.825. The molecular weight excluding hydrogens is 779 g/mol. The fourth-order valence-electron chi connectivity index (χ4n) is 8.08. The van der Waals surface area contributed by atoms with Gasteiger partial charge in [-0.15, -0.1) is 0 Å². The number of carbonyl (C=O) groups excluding carboxylic acids is 2. The van der Waals surface area contributed by atoms with Gasteiger partial charge in [0.05, 0.1) is 25.4 Å². The largest absolute Gasteiger partial charge is 0.466 e. The van der Waals surface area contributed by atoms with E-state index in [1.165, 1.54) is 186 Å². The van der Waals surface area contributed by atoms with Gasteiger partial charge in [-0.05, 0) is 83.5 Å². The Kier molecular flexibility index (Phi) is 50.6. The lowest BCUT2D eigenvalue weighted by molar-refractivity contribution is -0.143. The van der Waals surface area contributed by atoms with Gasteiger partial charge in [-0.25, -0.2) is 0 Å². The minimum atomic E-state index is -0.851. The smallest absolute Gasteiger partial charge is 0.305 e. The highest BCUT2D eigenvalue weighted by Crippen LogP contribution is 2.15. The Morgan fingerprint density at radius 2 is 0.825 bits per heavy atom. The van der Waals surface area contributed by atoms with Gasteiger partial charge >= 0.3 is 5.97 Å². The molecule has 0 aromatic carbocycles. The van der Waals surface area contributed by atoms with Crippen LogP contribution < -0.4 is 5.32 Å². The molecule has 0 saturated heterocycles. The summed E-state index contributed by atoms with van der Waals surface area (Å²) in [7, 11) is 0. The van der Waals surface area contributed by atoms with E-state index >= 15 is 0 Å². The molecule has 0 bridgehead atoms. The van der Waals surface area contributed by atoms with Gasteiger partial charge in [0.2, 0.25) is 5.91 Å². The maximum absolute atomic E-state index is 12.4. The van der Waals surface area contributed by atoms with E-state index in [1.54, 1.807) is 6.08 Å². The van der Waals surface area contributed by atoms with Crippen molar-refractivity contribution in [2.75, 3.05) is 13.2 Å². The molecule has 0 aliphatic rings. The molecule has 0 radical (unpaired) electrons. The number of unbranched alkanes of at least 4 members (excludes halogenated alkanes) is 33. The number of amides is 1. The summed E-state index contributed by atoms with van der Waals surface area (Å²) in [6.45, 7) is 4.81. The molecule has 0 heterocycles. The van der Waals surface area contributed by atoms with Crippen LogP contribution in [-0.4, -0.2) is 47.4 Å². The molecule has 6 heteroatoms. The first-order valence-electron chi connectivity index (χ1n) is 27.4. The van der Waals surface area contributed by atoms with Crippen molar-refractivity contribution in [1.29, 1.82) is 0 Å². The number of nitrogens with one attached hydrogen (secondary N) is 1. The van der Waals surface area contributed by atoms with Crippen molar-refractivity contribution in [3.8, 4) is 0 Å². The summed E-state index contributed by atoms with van der Waals surface area (Å²) >= 11 is 0. The molecule has 0 aromatic rings. The van der Waals surface area contributed by atoms with Gasteiger partial charge in [0.15, 0.2) is 0 Å². The monoisotopic (exact) mass is 884 g/mol. The van der Waals surface area contributed by atoms with Gasteiger partial charge in [-0.3, -0.25) is 9.59 Å². The van der Waals surface area contributed by atoms with Crippen LogP contribution in [0.4, 0.5) is 0 Å². The third kappa shape index (κ3) is 49.1. The average Bonchev–Trinajstić information content (AvgIpc) is 3.28. The average molecular weight is 884 g/mol. The lowest BCUT2D eigenvalue weighted by Gasteiger charge is -2.20. The lowest BCUT2D eigenvalue weighted by atomic mass is 10.0. The fourth-order valence-corrected chi connectivity index (χ4v) is 8.08.